The van der Waals surface area contributed by atoms with Crippen molar-refractivity contribution in [2.75, 3.05) is 18.4 Å². The minimum atomic E-state index is -0.212. The van der Waals surface area contributed by atoms with Crippen LogP contribution in [0.2, 0.25) is 0 Å². The summed E-state index contributed by atoms with van der Waals surface area (Å²) in [5.74, 6) is -0.153. The summed E-state index contributed by atoms with van der Waals surface area (Å²) in [6, 6.07) is 15.4. The number of likely N-dealkylation sites (tertiary alicyclic amines) is 1. The third-order valence-electron chi connectivity index (χ3n) is 4.05. The second-order valence-corrected chi connectivity index (χ2v) is 7.02. The highest BCUT2D eigenvalue weighted by Crippen LogP contribution is 2.25. The van der Waals surface area contributed by atoms with E-state index >= 15 is 0 Å². The molecule has 1 saturated heterocycles. The van der Waals surface area contributed by atoms with Crippen molar-refractivity contribution in [1.29, 1.82) is 0 Å². The van der Waals surface area contributed by atoms with E-state index in [0.29, 0.717) is 23.8 Å². The molecule has 2 heterocycles. The Morgan fingerprint density at radius 3 is 2.88 bits per heavy atom. The number of thiazole rings is 1. The maximum absolute atomic E-state index is 12.5. The first kappa shape index (κ1) is 15.3. The van der Waals surface area contributed by atoms with E-state index in [1.54, 1.807) is 6.07 Å². The molecule has 1 amide bonds. The summed E-state index contributed by atoms with van der Waals surface area (Å²) < 4.78 is 1.05. The van der Waals surface area contributed by atoms with Crippen LogP contribution in [0.1, 0.15) is 15.9 Å². The largest absolute Gasteiger partial charge is 0.390 e. The molecule has 24 heavy (non-hydrogen) atoms. The van der Waals surface area contributed by atoms with Gasteiger partial charge in [-0.05, 0) is 29.8 Å². The number of aliphatic hydroxyl groups excluding tert-OH is 1. The Kier molecular flexibility index (Phi) is 4.02. The summed E-state index contributed by atoms with van der Waals surface area (Å²) in [5, 5.41) is 12.8. The lowest BCUT2D eigenvalue weighted by atomic mass is 10.1. The Balaban J connectivity index is 1.47. The van der Waals surface area contributed by atoms with E-state index in [2.05, 4.69) is 15.2 Å². The van der Waals surface area contributed by atoms with Crippen LogP contribution in [0.4, 0.5) is 5.13 Å². The third kappa shape index (κ3) is 3.17. The van der Waals surface area contributed by atoms with Gasteiger partial charge in [0.2, 0.25) is 0 Å². The van der Waals surface area contributed by atoms with Crippen LogP contribution < -0.4 is 5.32 Å². The van der Waals surface area contributed by atoms with Gasteiger partial charge in [0.05, 0.1) is 16.3 Å². The number of carbonyl (C=O) groups is 1. The van der Waals surface area contributed by atoms with Crippen LogP contribution in [-0.2, 0) is 6.54 Å². The topological polar surface area (TPSA) is 65.5 Å². The lowest BCUT2D eigenvalue weighted by molar-refractivity contribution is -0.00287. The van der Waals surface area contributed by atoms with Crippen LogP contribution in [0.15, 0.2) is 48.5 Å². The van der Waals surface area contributed by atoms with Gasteiger partial charge in [-0.3, -0.25) is 15.0 Å². The molecule has 5 nitrogen and oxygen atoms in total. The normalized spacial score (nSPS) is 15.4. The van der Waals surface area contributed by atoms with Gasteiger partial charge in [0.15, 0.2) is 5.13 Å². The van der Waals surface area contributed by atoms with Crippen LogP contribution in [-0.4, -0.2) is 40.1 Å². The molecule has 0 aliphatic carbocycles. The zero-order valence-corrected chi connectivity index (χ0v) is 13.8. The van der Waals surface area contributed by atoms with Gasteiger partial charge in [0, 0.05) is 25.2 Å². The van der Waals surface area contributed by atoms with Crippen molar-refractivity contribution in [2.24, 2.45) is 0 Å². The molecule has 0 radical (unpaired) electrons. The van der Waals surface area contributed by atoms with E-state index in [-0.39, 0.29) is 12.0 Å². The van der Waals surface area contributed by atoms with Crippen molar-refractivity contribution in [3.05, 3.63) is 59.7 Å². The summed E-state index contributed by atoms with van der Waals surface area (Å²) in [4.78, 5) is 19.0. The highest BCUT2D eigenvalue weighted by atomic mass is 32.1. The number of β-amino-alcohol motifs (C(OH)–C–C–N with tert-alkyl or cyclic N) is 1. The molecular formula is C18H17N3O2S. The number of fused-ring (bicyclic) bond motifs is 1. The van der Waals surface area contributed by atoms with Crippen molar-refractivity contribution in [2.45, 2.75) is 12.6 Å². The Hall–Kier alpha value is -2.28. The molecule has 122 valence electrons. The van der Waals surface area contributed by atoms with E-state index in [9.17, 15) is 9.90 Å². The third-order valence-corrected chi connectivity index (χ3v) is 5.00. The number of hydrogen-bond donors (Lipinski definition) is 2. The van der Waals surface area contributed by atoms with Crippen molar-refractivity contribution in [3.8, 4) is 0 Å². The summed E-state index contributed by atoms with van der Waals surface area (Å²) in [6.45, 7) is 2.14. The van der Waals surface area contributed by atoms with Crippen LogP contribution in [0.5, 0.6) is 0 Å². The molecule has 1 aliphatic heterocycles. The Labute approximate surface area is 143 Å². The lowest BCUT2D eigenvalue weighted by Gasteiger charge is -2.35. The fourth-order valence-corrected chi connectivity index (χ4v) is 3.70. The highest BCUT2D eigenvalue weighted by molar-refractivity contribution is 7.22. The van der Waals surface area contributed by atoms with Gasteiger partial charge in [-0.15, -0.1) is 0 Å². The zero-order chi connectivity index (χ0) is 16.5. The molecule has 4 rings (SSSR count). The van der Waals surface area contributed by atoms with Crippen LogP contribution in [0.3, 0.4) is 0 Å². The highest BCUT2D eigenvalue weighted by Gasteiger charge is 2.24. The number of rotatable bonds is 4. The van der Waals surface area contributed by atoms with Gasteiger partial charge in [-0.2, -0.15) is 0 Å². The fourth-order valence-electron chi connectivity index (χ4n) is 2.84. The first-order chi connectivity index (χ1) is 11.7. The van der Waals surface area contributed by atoms with Gasteiger partial charge in [0.25, 0.3) is 5.91 Å². The van der Waals surface area contributed by atoms with Gasteiger partial charge in [-0.1, -0.05) is 35.6 Å². The monoisotopic (exact) mass is 339 g/mol. The summed E-state index contributed by atoms with van der Waals surface area (Å²) >= 11 is 1.47. The molecule has 1 aliphatic rings. The molecular weight excluding hydrogens is 322 g/mol. The predicted molar refractivity (Wildman–Crippen MR) is 95.3 cm³/mol. The van der Waals surface area contributed by atoms with Gasteiger partial charge in [-0.25, -0.2) is 4.98 Å². The summed E-state index contributed by atoms with van der Waals surface area (Å²) in [6.07, 6.45) is -0.212. The molecule has 0 spiro atoms. The minimum Gasteiger partial charge on any atom is -0.390 e. The second-order valence-electron chi connectivity index (χ2n) is 5.99. The fraction of sp³-hybridized carbons (Fsp3) is 0.222. The number of anilines is 1. The average Bonchev–Trinajstić information content (AvgIpc) is 2.96. The molecule has 1 fully saturated rings. The van der Waals surface area contributed by atoms with E-state index < -0.39 is 0 Å². The minimum absolute atomic E-state index is 0.153. The first-order valence-corrected chi connectivity index (χ1v) is 8.65. The summed E-state index contributed by atoms with van der Waals surface area (Å²) in [5.41, 5.74) is 2.58. The standard InChI is InChI=1S/C18H17N3O2S/c22-14-10-21(11-14)9-12-4-3-5-13(8-12)17(23)20-18-19-15-6-1-2-7-16(15)24-18/h1-8,14,22H,9-11H2,(H,19,20,23). The first-order valence-electron chi connectivity index (χ1n) is 7.84. The van der Waals surface area contributed by atoms with E-state index in [4.69, 9.17) is 0 Å². The van der Waals surface area contributed by atoms with Gasteiger partial charge < -0.3 is 5.11 Å². The van der Waals surface area contributed by atoms with Crippen molar-refractivity contribution >= 4 is 32.6 Å². The quantitative estimate of drug-likeness (QED) is 0.767. The molecule has 0 saturated carbocycles. The predicted octanol–water partition coefficient (Wildman–Crippen LogP) is 2.73. The molecule has 2 N–H and O–H groups in total. The van der Waals surface area contributed by atoms with Crippen molar-refractivity contribution < 1.29 is 9.90 Å². The van der Waals surface area contributed by atoms with Gasteiger partial charge >= 0.3 is 0 Å². The molecule has 6 heteroatoms. The number of benzene rings is 2. The molecule has 0 atom stereocenters. The number of amides is 1. The van der Waals surface area contributed by atoms with Crippen molar-refractivity contribution in [1.82, 2.24) is 9.88 Å². The molecule has 0 bridgehead atoms. The lowest BCUT2D eigenvalue weighted by Crippen LogP contribution is -2.49. The van der Waals surface area contributed by atoms with E-state index in [1.807, 2.05) is 42.5 Å². The van der Waals surface area contributed by atoms with E-state index in [0.717, 1.165) is 22.3 Å². The number of nitrogens with zero attached hydrogens (tertiary/aromatic N) is 2. The summed E-state index contributed by atoms with van der Waals surface area (Å²) in [7, 11) is 0. The molecule has 2 aromatic carbocycles. The Morgan fingerprint density at radius 1 is 1.25 bits per heavy atom. The number of para-hydroxylation sites is 1. The smallest absolute Gasteiger partial charge is 0.257 e. The van der Waals surface area contributed by atoms with Crippen LogP contribution >= 0.6 is 11.3 Å². The maximum atomic E-state index is 12.5. The SMILES string of the molecule is O=C(Nc1nc2ccccc2s1)c1cccc(CN2CC(O)C2)c1. The van der Waals surface area contributed by atoms with Crippen LogP contribution in [0, 0.1) is 0 Å². The molecule has 0 unspecified atom stereocenters. The number of carbonyl (C=O) groups excluding carboxylic acids is 1. The number of nitrogens with one attached hydrogen (secondary N) is 1. The zero-order valence-electron chi connectivity index (χ0n) is 13.0. The Morgan fingerprint density at radius 2 is 2.08 bits per heavy atom. The number of aliphatic hydroxyl groups is 1. The van der Waals surface area contributed by atoms with Gasteiger partial charge in [0.1, 0.15) is 0 Å². The van der Waals surface area contributed by atoms with Crippen molar-refractivity contribution in [3.63, 3.8) is 0 Å². The van der Waals surface area contributed by atoms with E-state index in [1.165, 1.54) is 11.3 Å². The maximum Gasteiger partial charge on any atom is 0.257 e. The second kappa shape index (κ2) is 6.32. The average molecular weight is 339 g/mol. The van der Waals surface area contributed by atoms with Crippen LogP contribution in [0.25, 0.3) is 10.2 Å². The molecule has 1 aromatic heterocycles. The molecule has 3 aromatic rings. The number of hydrogen-bond acceptors (Lipinski definition) is 5. The number of aromatic nitrogens is 1. The Bertz CT molecular complexity index is 854.